The van der Waals surface area contributed by atoms with E-state index >= 15 is 0 Å². The molecule has 0 fully saturated rings. The highest BCUT2D eigenvalue weighted by molar-refractivity contribution is 6.10. The monoisotopic (exact) mass is 442 g/mol. The van der Waals surface area contributed by atoms with Gasteiger partial charge in [-0.2, -0.15) is 0 Å². The van der Waals surface area contributed by atoms with E-state index < -0.39 is 0 Å². The standard InChI is InChI=1S/C30H22N2O2/c1-3-15-31-23(5-1)19-33-25-11-7-21-9-13-27(29(21)17-25)28-14-10-22-8-12-26(18-30(22)28)34-20-24-6-2-4-16-32-24/h1-18H,19-20H2/b28-27-. The lowest BCUT2D eigenvalue weighted by Gasteiger charge is -2.12. The van der Waals surface area contributed by atoms with E-state index in [-0.39, 0.29) is 0 Å². The molecule has 34 heavy (non-hydrogen) atoms. The Morgan fingerprint density at radius 3 is 1.47 bits per heavy atom. The molecule has 0 spiro atoms. The Balaban J connectivity index is 1.27. The Hall–Kier alpha value is -4.44. The molecule has 0 unspecified atom stereocenters. The van der Waals surface area contributed by atoms with Gasteiger partial charge in [-0.05, 0) is 81.9 Å². The number of nitrogens with zero attached hydrogens (tertiary/aromatic N) is 2. The Morgan fingerprint density at radius 2 is 1.03 bits per heavy atom. The van der Waals surface area contributed by atoms with Crippen LogP contribution in [-0.2, 0) is 13.2 Å². The van der Waals surface area contributed by atoms with Crippen LogP contribution in [0.15, 0.2) is 97.3 Å². The van der Waals surface area contributed by atoms with Crippen molar-refractivity contribution in [1.29, 1.82) is 0 Å². The fourth-order valence-corrected chi connectivity index (χ4v) is 4.28. The highest BCUT2D eigenvalue weighted by Crippen LogP contribution is 2.42. The normalized spacial score (nSPS) is 15.3. The van der Waals surface area contributed by atoms with Crippen LogP contribution in [0, 0.1) is 0 Å². The number of hydrogen-bond donors (Lipinski definition) is 0. The molecular formula is C30H22N2O2. The molecule has 6 rings (SSSR count). The number of rotatable bonds is 6. The van der Waals surface area contributed by atoms with Crippen molar-refractivity contribution < 1.29 is 9.47 Å². The van der Waals surface area contributed by atoms with Gasteiger partial charge in [-0.15, -0.1) is 0 Å². The molecule has 164 valence electrons. The highest BCUT2D eigenvalue weighted by atomic mass is 16.5. The smallest absolute Gasteiger partial charge is 0.130 e. The van der Waals surface area contributed by atoms with E-state index in [2.05, 4.69) is 58.5 Å². The summed E-state index contributed by atoms with van der Waals surface area (Å²) in [5, 5.41) is 0. The molecule has 2 heterocycles. The van der Waals surface area contributed by atoms with E-state index in [1.54, 1.807) is 12.4 Å². The highest BCUT2D eigenvalue weighted by Gasteiger charge is 2.20. The average Bonchev–Trinajstić information content (AvgIpc) is 3.50. The minimum absolute atomic E-state index is 0.443. The van der Waals surface area contributed by atoms with Crippen molar-refractivity contribution in [3.05, 3.63) is 131 Å². The molecule has 4 heteroatoms. The summed E-state index contributed by atoms with van der Waals surface area (Å²) >= 11 is 0. The van der Waals surface area contributed by atoms with Crippen LogP contribution < -0.4 is 9.47 Å². The summed E-state index contributed by atoms with van der Waals surface area (Å²) < 4.78 is 12.1. The van der Waals surface area contributed by atoms with Crippen molar-refractivity contribution in [3.8, 4) is 11.5 Å². The number of aromatic nitrogens is 2. The van der Waals surface area contributed by atoms with Crippen LogP contribution in [0.5, 0.6) is 11.5 Å². The van der Waals surface area contributed by atoms with Crippen LogP contribution in [0.2, 0.25) is 0 Å². The molecule has 0 radical (unpaired) electrons. The van der Waals surface area contributed by atoms with Crippen molar-refractivity contribution in [1.82, 2.24) is 9.97 Å². The summed E-state index contributed by atoms with van der Waals surface area (Å²) in [5.74, 6) is 1.67. The molecular weight excluding hydrogens is 420 g/mol. The third-order valence-corrected chi connectivity index (χ3v) is 6.00. The summed E-state index contributed by atoms with van der Waals surface area (Å²) in [7, 11) is 0. The Kier molecular flexibility index (Phi) is 5.24. The fourth-order valence-electron chi connectivity index (χ4n) is 4.28. The molecule has 2 aromatic heterocycles. The quantitative estimate of drug-likeness (QED) is 0.337. The van der Waals surface area contributed by atoms with Gasteiger partial charge in [-0.3, -0.25) is 9.97 Å². The zero-order chi connectivity index (χ0) is 22.7. The van der Waals surface area contributed by atoms with Gasteiger partial charge in [0.15, 0.2) is 0 Å². The maximum Gasteiger partial charge on any atom is 0.130 e. The molecule has 2 aliphatic rings. The number of ether oxygens (including phenoxy) is 2. The molecule has 0 atom stereocenters. The number of benzene rings is 2. The van der Waals surface area contributed by atoms with Crippen LogP contribution in [0.1, 0.15) is 33.6 Å². The van der Waals surface area contributed by atoms with Gasteiger partial charge in [0.25, 0.3) is 0 Å². The summed E-state index contributed by atoms with van der Waals surface area (Å²) in [6.45, 7) is 0.886. The average molecular weight is 443 g/mol. The number of fused-ring (bicyclic) bond motifs is 2. The predicted octanol–water partition coefficient (Wildman–Crippen LogP) is 6.60. The summed E-state index contributed by atoms with van der Waals surface area (Å²) in [5.41, 5.74) is 8.92. The van der Waals surface area contributed by atoms with E-state index in [4.69, 9.17) is 9.47 Å². The predicted molar refractivity (Wildman–Crippen MR) is 135 cm³/mol. The zero-order valence-electron chi connectivity index (χ0n) is 18.5. The molecule has 4 aromatic rings. The zero-order valence-corrected chi connectivity index (χ0v) is 18.5. The number of hydrogen-bond acceptors (Lipinski definition) is 4. The fraction of sp³-hybridized carbons (Fsp3) is 0.0667. The molecule has 0 amide bonds. The van der Waals surface area contributed by atoms with Crippen molar-refractivity contribution in [2.24, 2.45) is 0 Å². The third-order valence-electron chi connectivity index (χ3n) is 6.00. The third kappa shape index (κ3) is 4.02. The lowest BCUT2D eigenvalue weighted by Crippen LogP contribution is -1.98. The van der Waals surface area contributed by atoms with Crippen molar-refractivity contribution in [2.45, 2.75) is 13.2 Å². The second kappa shape index (κ2) is 8.83. The lowest BCUT2D eigenvalue weighted by molar-refractivity contribution is 0.301. The minimum atomic E-state index is 0.443. The summed E-state index contributed by atoms with van der Waals surface area (Å²) in [4.78, 5) is 8.68. The second-order valence-electron chi connectivity index (χ2n) is 8.21. The first-order chi connectivity index (χ1) is 16.8. The molecule has 0 saturated carbocycles. The topological polar surface area (TPSA) is 44.2 Å². The van der Waals surface area contributed by atoms with Crippen LogP contribution in [0.3, 0.4) is 0 Å². The molecule has 2 aromatic carbocycles. The van der Waals surface area contributed by atoms with E-state index in [0.717, 1.165) is 22.9 Å². The Morgan fingerprint density at radius 1 is 0.529 bits per heavy atom. The number of allylic oxidation sites excluding steroid dienone is 4. The van der Waals surface area contributed by atoms with E-state index in [0.29, 0.717) is 13.2 Å². The van der Waals surface area contributed by atoms with Crippen molar-refractivity contribution in [3.63, 3.8) is 0 Å². The molecule has 2 aliphatic carbocycles. The molecule has 0 aliphatic heterocycles. The van der Waals surface area contributed by atoms with Gasteiger partial charge in [-0.25, -0.2) is 0 Å². The largest absolute Gasteiger partial charge is 0.487 e. The first kappa shape index (κ1) is 20.2. The number of pyridine rings is 2. The maximum absolute atomic E-state index is 6.03. The van der Waals surface area contributed by atoms with Gasteiger partial charge in [0, 0.05) is 12.4 Å². The van der Waals surface area contributed by atoms with Gasteiger partial charge < -0.3 is 9.47 Å². The van der Waals surface area contributed by atoms with E-state index in [9.17, 15) is 0 Å². The van der Waals surface area contributed by atoms with Crippen LogP contribution in [-0.4, -0.2) is 9.97 Å². The SMILES string of the molecule is C1=Cc2ccc(OCc3ccccn3)cc2/C1=C1/C=Cc2ccc(OCc3ccccn3)cc21. The second-order valence-corrected chi connectivity index (χ2v) is 8.21. The van der Waals surface area contributed by atoms with Gasteiger partial charge in [0.2, 0.25) is 0 Å². The maximum atomic E-state index is 6.03. The van der Waals surface area contributed by atoms with Gasteiger partial charge in [-0.1, -0.05) is 48.6 Å². The van der Waals surface area contributed by atoms with E-state index in [1.807, 2.05) is 48.5 Å². The van der Waals surface area contributed by atoms with Gasteiger partial charge in [0.05, 0.1) is 11.4 Å². The summed E-state index contributed by atoms with van der Waals surface area (Å²) in [6.07, 6.45) is 12.3. The first-order valence-electron chi connectivity index (χ1n) is 11.3. The Labute approximate surface area is 198 Å². The molecule has 0 N–H and O–H groups in total. The molecule has 0 bridgehead atoms. The van der Waals surface area contributed by atoms with Crippen LogP contribution in [0.4, 0.5) is 0 Å². The molecule has 0 saturated heterocycles. The van der Waals surface area contributed by atoms with Gasteiger partial charge >= 0.3 is 0 Å². The van der Waals surface area contributed by atoms with Crippen molar-refractivity contribution in [2.75, 3.05) is 0 Å². The minimum Gasteiger partial charge on any atom is -0.487 e. The Bertz CT molecular complexity index is 1330. The van der Waals surface area contributed by atoms with E-state index in [1.165, 1.54) is 33.4 Å². The molecule has 4 nitrogen and oxygen atoms in total. The van der Waals surface area contributed by atoms with Crippen LogP contribution >= 0.6 is 0 Å². The summed E-state index contributed by atoms with van der Waals surface area (Å²) in [6, 6.07) is 24.2. The van der Waals surface area contributed by atoms with Crippen LogP contribution in [0.25, 0.3) is 23.3 Å². The van der Waals surface area contributed by atoms with Crippen molar-refractivity contribution >= 4 is 23.3 Å². The lowest BCUT2D eigenvalue weighted by atomic mass is 9.96. The van der Waals surface area contributed by atoms with Gasteiger partial charge in [0.1, 0.15) is 24.7 Å². The first-order valence-corrected chi connectivity index (χ1v) is 11.3.